The Morgan fingerprint density at radius 3 is 2.76 bits per heavy atom. The van der Waals surface area contributed by atoms with Gasteiger partial charge in [0.25, 0.3) is 0 Å². The van der Waals surface area contributed by atoms with Crippen LogP contribution >= 0.6 is 0 Å². The lowest BCUT2D eigenvalue weighted by Gasteiger charge is -2.34. The largest absolute Gasteiger partial charge is 0.481 e. The van der Waals surface area contributed by atoms with Gasteiger partial charge in [-0.25, -0.2) is 0 Å². The van der Waals surface area contributed by atoms with Gasteiger partial charge >= 0.3 is 5.97 Å². The van der Waals surface area contributed by atoms with Crippen molar-refractivity contribution in [2.24, 2.45) is 17.8 Å². The van der Waals surface area contributed by atoms with Gasteiger partial charge in [0.2, 0.25) is 0 Å². The summed E-state index contributed by atoms with van der Waals surface area (Å²) < 4.78 is 0. The van der Waals surface area contributed by atoms with Crippen LogP contribution in [0.4, 0.5) is 0 Å². The molecule has 0 saturated heterocycles. The average Bonchev–Trinajstić information content (AvgIpc) is 2.30. The summed E-state index contributed by atoms with van der Waals surface area (Å²) in [5, 5.41) is 9.24. The molecule has 0 bridgehead atoms. The molecule has 2 heteroatoms. The van der Waals surface area contributed by atoms with E-state index < -0.39 is 5.97 Å². The van der Waals surface area contributed by atoms with Crippen molar-refractivity contribution in [2.75, 3.05) is 0 Å². The van der Waals surface area contributed by atoms with E-state index in [1.54, 1.807) is 0 Å². The normalized spacial score (nSPS) is 28.6. The van der Waals surface area contributed by atoms with Gasteiger partial charge in [-0.1, -0.05) is 19.8 Å². The van der Waals surface area contributed by atoms with Crippen molar-refractivity contribution in [1.82, 2.24) is 0 Å². The predicted octanol–water partition coefficient (Wildman–Crippen LogP) is 3.71. The first-order valence-corrected chi connectivity index (χ1v) is 6.85. The second kappa shape index (κ2) is 7.37. The van der Waals surface area contributed by atoms with Gasteiger partial charge in [0, 0.05) is 6.42 Å². The molecule has 0 aromatic carbocycles. The molecule has 1 N–H and O–H groups in total. The lowest BCUT2D eigenvalue weighted by atomic mass is 9.71. The van der Waals surface area contributed by atoms with Gasteiger partial charge in [-0.05, 0) is 43.9 Å². The van der Waals surface area contributed by atoms with Crippen molar-refractivity contribution < 1.29 is 9.90 Å². The molecule has 1 aliphatic carbocycles. The molecule has 96 valence electrons. The Kier molecular flexibility index (Phi) is 6.11. The van der Waals surface area contributed by atoms with Crippen LogP contribution < -0.4 is 0 Å². The van der Waals surface area contributed by atoms with Crippen LogP contribution in [0.15, 0.2) is 0 Å². The van der Waals surface area contributed by atoms with E-state index in [9.17, 15) is 9.90 Å². The number of carbonyl (C=O) groups is 1. The maximum absolute atomic E-state index is 11.2. The van der Waals surface area contributed by atoms with Crippen LogP contribution in [0, 0.1) is 30.1 Å². The third kappa shape index (κ3) is 4.42. The van der Waals surface area contributed by atoms with E-state index in [4.69, 9.17) is 6.42 Å². The first-order chi connectivity index (χ1) is 8.19. The lowest BCUT2D eigenvalue weighted by Crippen LogP contribution is -2.30. The second-order valence-corrected chi connectivity index (χ2v) is 5.27. The monoisotopic (exact) mass is 236 g/mol. The number of carboxylic acid groups (broad SMARTS) is 1. The van der Waals surface area contributed by atoms with Crippen LogP contribution in [-0.4, -0.2) is 11.1 Å². The number of unbranched alkanes of at least 4 members (excludes halogenated alkanes) is 1. The lowest BCUT2D eigenvalue weighted by molar-refractivity contribution is -0.145. The van der Waals surface area contributed by atoms with E-state index in [-0.39, 0.29) is 5.92 Å². The van der Waals surface area contributed by atoms with Crippen LogP contribution in [0.25, 0.3) is 0 Å². The minimum Gasteiger partial charge on any atom is -0.481 e. The highest BCUT2D eigenvalue weighted by Crippen LogP contribution is 2.38. The molecule has 17 heavy (non-hydrogen) atoms. The van der Waals surface area contributed by atoms with E-state index in [1.165, 1.54) is 12.8 Å². The smallest absolute Gasteiger partial charge is 0.306 e. The van der Waals surface area contributed by atoms with Crippen molar-refractivity contribution in [2.45, 2.75) is 58.3 Å². The summed E-state index contributed by atoms with van der Waals surface area (Å²) in [4.78, 5) is 11.2. The van der Waals surface area contributed by atoms with Gasteiger partial charge in [-0.2, -0.15) is 0 Å². The standard InChI is InChI=1S/C15H24O2/c1-3-5-6-8-13-11-12(7-4-2)9-10-14(13)15(16)17/h1,12-14H,4-11H2,2H3,(H,16,17). The molecule has 0 spiro atoms. The molecule has 2 nitrogen and oxygen atoms in total. The van der Waals surface area contributed by atoms with Gasteiger partial charge < -0.3 is 5.11 Å². The number of hydrogen-bond donors (Lipinski definition) is 1. The highest BCUT2D eigenvalue weighted by Gasteiger charge is 2.33. The van der Waals surface area contributed by atoms with E-state index >= 15 is 0 Å². The third-order valence-corrected chi connectivity index (χ3v) is 4.00. The third-order valence-electron chi connectivity index (χ3n) is 4.00. The molecule has 1 fully saturated rings. The van der Waals surface area contributed by atoms with Crippen molar-refractivity contribution in [3.8, 4) is 12.3 Å². The molecule has 0 radical (unpaired) electrons. The molecule has 1 saturated carbocycles. The fourth-order valence-electron chi connectivity index (χ4n) is 3.14. The zero-order chi connectivity index (χ0) is 12.7. The number of carboxylic acids is 1. The Morgan fingerprint density at radius 1 is 1.41 bits per heavy atom. The Morgan fingerprint density at radius 2 is 2.18 bits per heavy atom. The molecule has 0 heterocycles. The number of hydrogen-bond acceptors (Lipinski definition) is 1. The molecule has 3 atom stereocenters. The summed E-state index contributed by atoms with van der Waals surface area (Å²) in [7, 11) is 0. The molecule has 3 unspecified atom stereocenters. The van der Waals surface area contributed by atoms with E-state index in [2.05, 4.69) is 12.8 Å². The van der Waals surface area contributed by atoms with E-state index in [1.807, 2.05) is 0 Å². The van der Waals surface area contributed by atoms with E-state index in [0.717, 1.165) is 44.4 Å². The summed E-state index contributed by atoms with van der Waals surface area (Å²) in [5.41, 5.74) is 0. The summed E-state index contributed by atoms with van der Waals surface area (Å²) in [6, 6.07) is 0. The van der Waals surface area contributed by atoms with Crippen molar-refractivity contribution in [3.05, 3.63) is 0 Å². The highest BCUT2D eigenvalue weighted by atomic mass is 16.4. The average molecular weight is 236 g/mol. The first kappa shape index (κ1) is 14.1. The topological polar surface area (TPSA) is 37.3 Å². The summed E-state index contributed by atoms with van der Waals surface area (Å²) in [5.74, 6) is 3.01. The molecule has 1 aliphatic rings. The predicted molar refractivity (Wildman–Crippen MR) is 69.5 cm³/mol. The van der Waals surface area contributed by atoms with Crippen LogP contribution in [0.5, 0.6) is 0 Å². The van der Waals surface area contributed by atoms with Crippen molar-refractivity contribution >= 4 is 5.97 Å². The molecule has 0 aromatic rings. The number of rotatable bonds is 6. The fraction of sp³-hybridized carbons (Fsp3) is 0.800. The second-order valence-electron chi connectivity index (χ2n) is 5.27. The van der Waals surface area contributed by atoms with Crippen LogP contribution in [0.1, 0.15) is 58.3 Å². The molecule has 1 rings (SSSR count). The van der Waals surface area contributed by atoms with Crippen LogP contribution in [0.2, 0.25) is 0 Å². The number of terminal acetylenes is 1. The summed E-state index contributed by atoms with van der Waals surface area (Å²) >= 11 is 0. The van der Waals surface area contributed by atoms with Crippen LogP contribution in [0.3, 0.4) is 0 Å². The Hall–Kier alpha value is -0.970. The SMILES string of the molecule is C#CCCCC1CC(CCC)CCC1C(=O)O. The highest BCUT2D eigenvalue weighted by molar-refractivity contribution is 5.70. The zero-order valence-electron chi connectivity index (χ0n) is 10.8. The Labute approximate surface area is 105 Å². The Bertz CT molecular complexity index is 277. The maximum Gasteiger partial charge on any atom is 0.306 e. The molecular formula is C15H24O2. The molecule has 0 aliphatic heterocycles. The minimum atomic E-state index is -0.606. The van der Waals surface area contributed by atoms with Crippen molar-refractivity contribution in [1.29, 1.82) is 0 Å². The van der Waals surface area contributed by atoms with Crippen LogP contribution in [-0.2, 0) is 4.79 Å². The van der Waals surface area contributed by atoms with Gasteiger partial charge in [0.05, 0.1) is 5.92 Å². The molecule has 0 amide bonds. The van der Waals surface area contributed by atoms with Gasteiger partial charge in [-0.3, -0.25) is 4.79 Å². The zero-order valence-corrected chi connectivity index (χ0v) is 10.8. The van der Waals surface area contributed by atoms with Crippen molar-refractivity contribution in [3.63, 3.8) is 0 Å². The fourth-order valence-corrected chi connectivity index (χ4v) is 3.14. The first-order valence-electron chi connectivity index (χ1n) is 6.85. The van der Waals surface area contributed by atoms with Gasteiger partial charge in [0.15, 0.2) is 0 Å². The minimum absolute atomic E-state index is 0.124. The summed E-state index contributed by atoms with van der Waals surface area (Å²) in [6.07, 6.45) is 13.5. The van der Waals surface area contributed by atoms with Gasteiger partial charge in [0.1, 0.15) is 0 Å². The maximum atomic E-state index is 11.2. The molecular weight excluding hydrogens is 212 g/mol. The Balaban J connectivity index is 2.50. The van der Waals surface area contributed by atoms with E-state index in [0.29, 0.717) is 5.92 Å². The molecule has 0 aromatic heterocycles. The summed E-state index contributed by atoms with van der Waals surface area (Å²) in [6.45, 7) is 2.20. The number of aliphatic carboxylic acids is 1. The van der Waals surface area contributed by atoms with Gasteiger partial charge in [-0.15, -0.1) is 12.3 Å². The quantitative estimate of drug-likeness (QED) is 0.564.